The minimum absolute atomic E-state index is 0.620. The zero-order valence-corrected chi connectivity index (χ0v) is 12.0. The highest BCUT2D eigenvalue weighted by molar-refractivity contribution is 6.33. The van der Waals surface area contributed by atoms with Crippen LogP contribution in [0.4, 0.5) is 0 Å². The smallest absolute Gasteiger partial charge is 0.106 e. The molecule has 1 N–H and O–H groups in total. The minimum Gasteiger partial charge on any atom is -0.384 e. The highest BCUT2D eigenvalue weighted by atomic mass is 35.5. The van der Waals surface area contributed by atoms with Crippen LogP contribution in [0.3, 0.4) is 0 Å². The molecule has 0 saturated carbocycles. The van der Waals surface area contributed by atoms with Crippen LogP contribution in [0.15, 0.2) is 66.7 Å². The van der Waals surface area contributed by atoms with Crippen molar-refractivity contribution in [2.75, 3.05) is 0 Å². The predicted octanol–water partition coefficient (Wildman–Crippen LogP) is 5.07. The molecule has 3 aromatic carbocycles. The summed E-state index contributed by atoms with van der Waals surface area (Å²) in [5, 5.41) is 11.4. The van der Waals surface area contributed by atoms with Gasteiger partial charge in [0.1, 0.15) is 6.10 Å². The summed E-state index contributed by atoms with van der Waals surface area (Å²) in [5.74, 6) is 0. The quantitative estimate of drug-likeness (QED) is 0.664. The zero-order chi connectivity index (χ0) is 14.4. The second-order valence-electron chi connectivity index (χ2n) is 5.24. The van der Waals surface area contributed by atoms with Gasteiger partial charge in [0.25, 0.3) is 0 Å². The molecule has 1 atom stereocenters. The minimum atomic E-state index is -0.620. The third-order valence-corrected chi connectivity index (χ3v) is 4.39. The van der Waals surface area contributed by atoms with Crippen molar-refractivity contribution >= 4 is 11.6 Å². The van der Waals surface area contributed by atoms with Gasteiger partial charge in [-0.25, -0.2) is 0 Å². The number of aliphatic hydroxyl groups excluding tert-OH is 1. The molecule has 2 heteroatoms. The van der Waals surface area contributed by atoms with Gasteiger partial charge in [0.05, 0.1) is 0 Å². The number of fused-ring (bicyclic) bond motifs is 3. The Morgan fingerprint density at radius 1 is 0.762 bits per heavy atom. The third kappa shape index (κ3) is 1.82. The van der Waals surface area contributed by atoms with Gasteiger partial charge in [-0.3, -0.25) is 0 Å². The summed E-state index contributed by atoms with van der Waals surface area (Å²) in [7, 11) is 0. The first kappa shape index (κ1) is 12.6. The van der Waals surface area contributed by atoms with Crippen molar-refractivity contribution in [1.82, 2.24) is 0 Å². The fourth-order valence-electron chi connectivity index (χ4n) is 3.15. The van der Waals surface area contributed by atoms with Crippen molar-refractivity contribution < 1.29 is 5.11 Å². The Hall–Kier alpha value is -2.09. The van der Waals surface area contributed by atoms with Crippen LogP contribution in [-0.4, -0.2) is 5.11 Å². The summed E-state index contributed by atoms with van der Waals surface area (Å²) < 4.78 is 0. The lowest BCUT2D eigenvalue weighted by atomic mass is 9.94. The predicted molar refractivity (Wildman–Crippen MR) is 86.4 cm³/mol. The molecule has 3 aromatic rings. The van der Waals surface area contributed by atoms with E-state index in [1.807, 2.05) is 66.7 Å². The summed E-state index contributed by atoms with van der Waals surface area (Å²) in [4.78, 5) is 0. The normalized spacial score (nSPS) is 15.6. The van der Waals surface area contributed by atoms with E-state index in [1.165, 1.54) is 0 Å². The maximum absolute atomic E-state index is 10.7. The van der Waals surface area contributed by atoms with E-state index in [0.717, 1.165) is 33.4 Å². The van der Waals surface area contributed by atoms with Gasteiger partial charge < -0.3 is 5.11 Å². The van der Waals surface area contributed by atoms with E-state index in [2.05, 4.69) is 0 Å². The van der Waals surface area contributed by atoms with Crippen LogP contribution in [0, 0.1) is 0 Å². The lowest BCUT2D eigenvalue weighted by Crippen LogP contribution is -1.97. The van der Waals surface area contributed by atoms with Crippen molar-refractivity contribution in [1.29, 1.82) is 0 Å². The molecule has 0 saturated heterocycles. The summed E-state index contributed by atoms with van der Waals surface area (Å²) in [6, 6.07) is 21.9. The molecule has 0 aliphatic heterocycles. The first-order chi connectivity index (χ1) is 10.3. The van der Waals surface area contributed by atoms with Gasteiger partial charge in [0, 0.05) is 16.1 Å². The standard InChI is InChI=1S/C19H13ClO/c20-16-11-10-14-13-8-4-5-9-15(13)19(21)18(14)17(16)12-6-2-1-3-7-12/h1-11,19,21H. The molecule has 0 aromatic heterocycles. The molecule has 0 amide bonds. The van der Waals surface area contributed by atoms with E-state index in [4.69, 9.17) is 11.6 Å². The van der Waals surface area contributed by atoms with Gasteiger partial charge in [-0.15, -0.1) is 0 Å². The van der Waals surface area contributed by atoms with Gasteiger partial charge >= 0.3 is 0 Å². The molecule has 0 radical (unpaired) electrons. The van der Waals surface area contributed by atoms with Crippen LogP contribution >= 0.6 is 11.6 Å². The molecule has 21 heavy (non-hydrogen) atoms. The average molecular weight is 293 g/mol. The highest BCUT2D eigenvalue weighted by Crippen LogP contribution is 2.49. The van der Waals surface area contributed by atoms with Crippen LogP contribution in [0.1, 0.15) is 17.2 Å². The molecule has 1 aliphatic rings. The van der Waals surface area contributed by atoms with E-state index in [9.17, 15) is 5.11 Å². The highest BCUT2D eigenvalue weighted by Gasteiger charge is 2.30. The lowest BCUT2D eigenvalue weighted by Gasteiger charge is -2.14. The van der Waals surface area contributed by atoms with Crippen LogP contribution in [0.2, 0.25) is 5.02 Å². The Bertz CT molecular complexity index is 824. The molecular weight excluding hydrogens is 280 g/mol. The van der Waals surface area contributed by atoms with Crippen LogP contribution in [0.25, 0.3) is 22.3 Å². The fraction of sp³-hybridized carbons (Fsp3) is 0.0526. The van der Waals surface area contributed by atoms with Crippen LogP contribution in [-0.2, 0) is 0 Å². The van der Waals surface area contributed by atoms with Gasteiger partial charge in [-0.05, 0) is 28.3 Å². The molecule has 0 spiro atoms. The van der Waals surface area contributed by atoms with Crippen molar-refractivity contribution in [2.45, 2.75) is 6.10 Å². The number of hydrogen-bond donors (Lipinski definition) is 1. The van der Waals surface area contributed by atoms with Gasteiger partial charge in [0.2, 0.25) is 0 Å². The molecule has 1 aliphatic carbocycles. The van der Waals surface area contributed by atoms with Gasteiger partial charge in [0.15, 0.2) is 0 Å². The average Bonchev–Trinajstić information content (AvgIpc) is 2.82. The number of rotatable bonds is 1. The molecule has 0 heterocycles. The second-order valence-corrected chi connectivity index (χ2v) is 5.65. The maximum Gasteiger partial charge on any atom is 0.106 e. The van der Waals surface area contributed by atoms with Crippen molar-refractivity contribution in [3.8, 4) is 22.3 Å². The molecular formula is C19H13ClO. The molecule has 0 bridgehead atoms. The Labute approximate surface area is 128 Å². The monoisotopic (exact) mass is 292 g/mol. The Kier molecular flexibility index (Phi) is 2.85. The summed E-state index contributed by atoms with van der Waals surface area (Å²) in [6.45, 7) is 0. The SMILES string of the molecule is OC1c2ccccc2-c2ccc(Cl)c(-c3ccccc3)c21. The summed E-state index contributed by atoms with van der Waals surface area (Å²) in [5.41, 5.74) is 5.99. The Morgan fingerprint density at radius 2 is 1.48 bits per heavy atom. The Balaban J connectivity index is 2.05. The van der Waals surface area contributed by atoms with Crippen molar-refractivity contribution in [2.24, 2.45) is 0 Å². The molecule has 102 valence electrons. The zero-order valence-electron chi connectivity index (χ0n) is 11.3. The fourth-order valence-corrected chi connectivity index (χ4v) is 3.42. The number of aliphatic hydroxyl groups is 1. The third-order valence-electron chi connectivity index (χ3n) is 4.08. The van der Waals surface area contributed by atoms with E-state index < -0.39 is 6.10 Å². The number of benzene rings is 3. The molecule has 1 unspecified atom stereocenters. The lowest BCUT2D eigenvalue weighted by molar-refractivity contribution is 0.226. The van der Waals surface area contributed by atoms with E-state index in [0.29, 0.717) is 5.02 Å². The topological polar surface area (TPSA) is 20.2 Å². The molecule has 4 rings (SSSR count). The van der Waals surface area contributed by atoms with Gasteiger partial charge in [-0.1, -0.05) is 72.3 Å². The number of hydrogen-bond acceptors (Lipinski definition) is 1. The first-order valence-corrected chi connectivity index (χ1v) is 7.30. The van der Waals surface area contributed by atoms with Crippen molar-refractivity contribution in [3.05, 3.63) is 82.9 Å². The van der Waals surface area contributed by atoms with Gasteiger partial charge in [-0.2, -0.15) is 0 Å². The van der Waals surface area contributed by atoms with Crippen molar-refractivity contribution in [3.63, 3.8) is 0 Å². The first-order valence-electron chi connectivity index (χ1n) is 6.92. The Morgan fingerprint density at radius 3 is 2.29 bits per heavy atom. The van der Waals surface area contributed by atoms with E-state index >= 15 is 0 Å². The summed E-state index contributed by atoms with van der Waals surface area (Å²) >= 11 is 6.44. The largest absolute Gasteiger partial charge is 0.384 e. The second kappa shape index (κ2) is 4.73. The van der Waals surface area contributed by atoms with E-state index in [1.54, 1.807) is 0 Å². The number of halogens is 1. The van der Waals surface area contributed by atoms with E-state index in [-0.39, 0.29) is 0 Å². The summed E-state index contributed by atoms with van der Waals surface area (Å²) in [6.07, 6.45) is -0.620. The van der Waals surface area contributed by atoms with Crippen LogP contribution < -0.4 is 0 Å². The molecule has 0 fully saturated rings. The molecule has 1 nitrogen and oxygen atoms in total. The van der Waals surface area contributed by atoms with Crippen LogP contribution in [0.5, 0.6) is 0 Å². The maximum atomic E-state index is 10.7.